The molecule has 0 aliphatic heterocycles. The molecule has 1 aromatic rings. The smallest absolute Gasteiger partial charge is 0.0534 e. The van der Waals surface area contributed by atoms with E-state index in [2.05, 4.69) is 24.3 Å². The first-order valence-electron chi connectivity index (χ1n) is 4.90. The second-order valence-electron chi connectivity index (χ2n) is 3.67. The first-order chi connectivity index (χ1) is 6.22. The third kappa shape index (κ3) is 3.59. The Hall–Kier alpha value is -0.830. The monoisotopic (exact) mass is 181 g/mol. The van der Waals surface area contributed by atoms with Gasteiger partial charge in [-0.05, 0) is 12.5 Å². The van der Waals surface area contributed by atoms with Crippen LogP contribution in [0.3, 0.4) is 0 Å². The standard InChI is InChI=1S/C10H19N3/c1-4-9(2)5-11-6-10-7-12-13(3)8-10/h7-9,11H,4-6H2,1-3H3/t9-/m0/s1. The van der Waals surface area contributed by atoms with E-state index in [9.17, 15) is 0 Å². The molecule has 0 radical (unpaired) electrons. The molecule has 0 saturated heterocycles. The molecule has 3 heteroatoms. The summed E-state index contributed by atoms with van der Waals surface area (Å²) in [5.41, 5.74) is 1.26. The summed E-state index contributed by atoms with van der Waals surface area (Å²) in [5, 5.41) is 7.52. The molecule has 0 amide bonds. The van der Waals surface area contributed by atoms with Crippen LogP contribution in [0.1, 0.15) is 25.8 Å². The lowest BCUT2D eigenvalue weighted by Crippen LogP contribution is -2.19. The normalized spacial score (nSPS) is 13.2. The fourth-order valence-electron chi connectivity index (χ4n) is 1.17. The Balaban J connectivity index is 2.20. The maximum atomic E-state index is 4.11. The summed E-state index contributed by atoms with van der Waals surface area (Å²) in [6.07, 6.45) is 5.19. The zero-order valence-electron chi connectivity index (χ0n) is 8.75. The first kappa shape index (κ1) is 10.3. The summed E-state index contributed by atoms with van der Waals surface area (Å²) in [6, 6.07) is 0. The number of hydrogen-bond donors (Lipinski definition) is 1. The molecule has 0 unspecified atom stereocenters. The van der Waals surface area contributed by atoms with Crippen molar-refractivity contribution in [1.82, 2.24) is 15.1 Å². The van der Waals surface area contributed by atoms with Crippen molar-refractivity contribution in [2.75, 3.05) is 6.54 Å². The van der Waals surface area contributed by atoms with Gasteiger partial charge >= 0.3 is 0 Å². The Labute approximate surface area is 80.1 Å². The fourth-order valence-corrected chi connectivity index (χ4v) is 1.17. The van der Waals surface area contributed by atoms with Gasteiger partial charge in [0.05, 0.1) is 6.20 Å². The van der Waals surface area contributed by atoms with Gasteiger partial charge in [0, 0.05) is 25.4 Å². The van der Waals surface area contributed by atoms with Crippen molar-refractivity contribution in [3.63, 3.8) is 0 Å². The lowest BCUT2D eigenvalue weighted by molar-refractivity contribution is 0.500. The van der Waals surface area contributed by atoms with Crippen molar-refractivity contribution in [2.45, 2.75) is 26.8 Å². The average molecular weight is 181 g/mol. The third-order valence-corrected chi connectivity index (χ3v) is 2.28. The molecule has 0 spiro atoms. The summed E-state index contributed by atoms with van der Waals surface area (Å²) >= 11 is 0. The Morgan fingerprint density at radius 1 is 1.62 bits per heavy atom. The van der Waals surface area contributed by atoms with E-state index in [1.165, 1.54) is 12.0 Å². The van der Waals surface area contributed by atoms with Gasteiger partial charge in [-0.1, -0.05) is 20.3 Å². The third-order valence-electron chi connectivity index (χ3n) is 2.28. The van der Waals surface area contributed by atoms with E-state index < -0.39 is 0 Å². The van der Waals surface area contributed by atoms with Crippen molar-refractivity contribution < 1.29 is 0 Å². The van der Waals surface area contributed by atoms with Crippen LogP contribution < -0.4 is 5.32 Å². The molecule has 0 saturated carbocycles. The number of nitrogens with one attached hydrogen (secondary N) is 1. The van der Waals surface area contributed by atoms with Crippen LogP contribution in [0.25, 0.3) is 0 Å². The molecule has 0 aliphatic rings. The number of hydrogen-bond acceptors (Lipinski definition) is 2. The highest BCUT2D eigenvalue weighted by molar-refractivity contribution is 5.02. The van der Waals surface area contributed by atoms with E-state index in [-0.39, 0.29) is 0 Å². The SMILES string of the molecule is CC[C@H](C)CNCc1cnn(C)c1. The van der Waals surface area contributed by atoms with Crippen molar-refractivity contribution in [1.29, 1.82) is 0 Å². The van der Waals surface area contributed by atoms with Crippen molar-refractivity contribution in [3.8, 4) is 0 Å². The predicted molar refractivity (Wildman–Crippen MR) is 54.4 cm³/mol. The maximum absolute atomic E-state index is 4.11. The second kappa shape index (κ2) is 5.02. The molecule has 0 aromatic carbocycles. The van der Waals surface area contributed by atoms with Crippen LogP contribution in [0, 0.1) is 5.92 Å². The minimum Gasteiger partial charge on any atom is -0.312 e. The van der Waals surface area contributed by atoms with Crippen LogP contribution in [0.4, 0.5) is 0 Å². The van der Waals surface area contributed by atoms with E-state index in [0.717, 1.165) is 19.0 Å². The molecule has 0 bridgehead atoms. The van der Waals surface area contributed by atoms with Crippen LogP contribution in [0.15, 0.2) is 12.4 Å². The average Bonchev–Trinajstić information content (AvgIpc) is 2.51. The molecule has 3 nitrogen and oxygen atoms in total. The molecule has 0 aliphatic carbocycles. The lowest BCUT2D eigenvalue weighted by Gasteiger charge is -2.08. The Bertz CT molecular complexity index is 242. The topological polar surface area (TPSA) is 29.9 Å². The molecule has 13 heavy (non-hydrogen) atoms. The van der Waals surface area contributed by atoms with Crippen molar-refractivity contribution in [2.24, 2.45) is 13.0 Å². The number of aryl methyl sites for hydroxylation is 1. The number of nitrogens with zero attached hydrogens (tertiary/aromatic N) is 2. The number of rotatable bonds is 5. The van der Waals surface area contributed by atoms with Gasteiger partial charge in [-0.2, -0.15) is 5.10 Å². The molecule has 1 heterocycles. The lowest BCUT2D eigenvalue weighted by atomic mass is 10.1. The molecular weight excluding hydrogens is 162 g/mol. The van der Waals surface area contributed by atoms with Crippen LogP contribution >= 0.6 is 0 Å². The minimum atomic E-state index is 0.761. The Morgan fingerprint density at radius 2 is 2.38 bits per heavy atom. The van der Waals surface area contributed by atoms with E-state index in [1.807, 2.05) is 24.1 Å². The molecule has 74 valence electrons. The van der Waals surface area contributed by atoms with Gasteiger partial charge < -0.3 is 5.32 Å². The van der Waals surface area contributed by atoms with Gasteiger partial charge in [-0.25, -0.2) is 0 Å². The molecule has 1 aromatic heterocycles. The van der Waals surface area contributed by atoms with Gasteiger partial charge in [0.1, 0.15) is 0 Å². The van der Waals surface area contributed by atoms with Gasteiger partial charge in [-0.15, -0.1) is 0 Å². The zero-order valence-corrected chi connectivity index (χ0v) is 8.75. The van der Waals surface area contributed by atoms with Gasteiger partial charge in [0.15, 0.2) is 0 Å². The highest BCUT2D eigenvalue weighted by Gasteiger charge is 1.98. The fraction of sp³-hybridized carbons (Fsp3) is 0.700. The van der Waals surface area contributed by atoms with E-state index in [1.54, 1.807) is 0 Å². The highest BCUT2D eigenvalue weighted by atomic mass is 15.2. The molecular formula is C10H19N3. The summed E-state index contributed by atoms with van der Waals surface area (Å²) in [4.78, 5) is 0. The quantitative estimate of drug-likeness (QED) is 0.747. The Kier molecular flexibility index (Phi) is 3.96. The second-order valence-corrected chi connectivity index (χ2v) is 3.67. The van der Waals surface area contributed by atoms with Gasteiger partial charge in [0.25, 0.3) is 0 Å². The molecule has 0 fully saturated rings. The Morgan fingerprint density at radius 3 is 2.92 bits per heavy atom. The predicted octanol–water partition coefficient (Wildman–Crippen LogP) is 1.56. The van der Waals surface area contributed by atoms with Crippen LogP contribution in [-0.4, -0.2) is 16.3 Å². The van der Waals surface area contributed by atoms with Crippen LogP contribution in [0.5, 0.6) is 0 Å². The summed E-state index contributed by atoms with van der Waals surface area (Å²) in [5.74, 6) is 0.761. The van der Waals surface area contributed by atoms with E-state index in [4.69, 9.17) is 0 Å². The summed E-state index contributed by atoms with van der Waals surface area (Å²) in [6.45, 7) is 6.50. The van der Waals surface area contributed by atoms with Gasteiger partial charge in [-0.3, -0.25) is 4.68 Å². The van der Waals surface area contributed by atoms with Gasteiger partial charge in [0.2, 0.25) is 0 Å². The minimum absolute atomic E-state index is 0.761. The highest BCUT2D eigenvalue weighted by Crippen LogP contribution is 1.99. The van der Waals surface area contributed by atoms with Crippen molar-refractivity contribution >= 4 is 0 Å². The summed E-state index contributed by atoms with van der Waals surface area (Å²) < 4.78 is 1.83. The zero-order chi connectivity index (χ0) is 9.68. The van der Waals surface area contributed by atoms with E-state index >= 15 is 0 Å². The molecule has 1 rings (SSSR count). The van der Waals surface area contributed by atoms with E-state index in [0.29, 0.717) is 0 Å². The van der Waals surface area contributed by atoms with Crippen LogP contribution in [-0.2, 0) is 13.6 Å². The van der Waals surface area contributed by atoms with Crippen molar-refractivity contribution in [3.05, 3.63) is 18.0 Å². The first-order valence-corrected chi connectivity index (χ1v) is 4.90. The molecule has 1 atom stereocenters. The summed E-state index contributed by atoms with van der Waals surface area (Å²) in [7, 11) is 1.94. The molecule has 1 N–H and O–H groups in total. The number of aromatic nitrogens is 2. The van der Waals surface area contributed by atoms with Crippen LogP contribution in [0.2, 0.25) is 0 Å². The largest absolute Gasteiger partial charge is 0.312 e. The maximum Gasteiger partial charge on any atom is 0.0534 e.